The van der Waals surface area contributed by atoms with Crippen LogP contribution < -0.4 is 31.3 Å². The molecule has 0 radical (unpaired) electrons. The lowest BCUT2D eigenvalue weighted by molar-refractivity contribution is 0.182. The summed E-state index contributed by atoms with van der Waals surface area (Å²) in [7, 11) is 3.72. The molecule has 0 aliphatic carbocycles. The van der Waals surface area contributed by atoms with Crippen molar-refractivity contribution in [3.8, 4) is 5.75 Å². The topological polar surface area (TPSA) is 72.6 Å². The molecule has 2 heterocycles. The molecule has 2 aliphatic heterocycles. The molecule has 2 fully saturated rings. The lowest BCUT2D eigenvalue weighted by atomic mass is 10.1. The van der Waals surface area contributed by atoms with E-state index >= 15 is 0 Å². The Morgan fingerprint density at radius 1 is 1.27 bits per heavy atom. The van der Waals surface area contributed by atoms with Gasteiger partial charge in [0, 0.05) is 36.9 Å². The van der Waals surface area contributed by atoms with Gasteiger partial charge in [-0.2, -0.15) is 0 Å². The molecule has 5 N–H and O–H groups in total. The van der Waals surface area contributed by atoms with Crippen LogP contribution in [0.25, 0.3) is 0 Å². The fraction of sp³-hybridized carbons (Fsp3) is 0.684. The van der Waals surface area contributed by atoms with E-state index in [0.29, 0.717) is 12.2 Å². The molecule has 0 bridgehead atoms. The zero-order valence-corrected chi connectivity index (χ0v) is 16.3. The molecule has 0 amide bonds. The van der Waals surface area contributed by atoms with E-state index in [1.165, 1.54) is 25.1 Å². The molecule has 0 aromatic heterocycles. The molecule has 146 valence electrons. The fourth-order valence-electron chi connectivity index (χ4n) is 3.55. The maximum absolute atomic E-state index is 5.53. The summed E-state index contributed by atoms with van der Waals surface area (Å²) < 4.78 is 5.53. The van der Waals surface area contributed by atoms with Crippen LogP contribution in [0.2, 0.25) is 0 Å². The van der Waals surface area contributed by atoms with Crippen molar-refractivity contribution in [2.24, 2.45) is 0 Å². The van der Waals surface area contributed by atoms with Gasteiger partial charge >= 0.3 is 0 Å². The number of hydrogen-bond acceptors (Lipinski definition) is 7. The van der Waals surface area contributed by atoms with Crippen LogP contribution in [0, 0.1) is 0 Å². The minimum absolute atomic E-state index is 0.0387. The Balaban J connectivity index is 1.55. The second kappa shape index (κ2) is 9.53. The molecular formula is C19H34N6O. The lowest BCUT2D eigenvalue weighted by Crippen LogP contribution is -2.63. The molecule has 0 spiro atoms. The minimum Gasteiger partial charge on any atom is -0.496 e. The van der Waals surface area contributed by atoms with Gasteiger partial charge in [-0.15, -0.1) is 0 Å². The highest BCUT2D eigenvalue weighted by atomic mass is 16.5. The number of methoxy groups -OCH3 is 1. The van der Waals surface area contributed by atoms with Crippen molar-refractivity contribution in [3.63, 3.8) is 0 Å². The summed E-state index contributed by atoms with van der Waals surface area (Å²) in [6.45, 7) is 7.65. The van der Waals surface area contributed by atoms with Crippen molar-refractivity contribution < 1.29 is 4.74 Å². The molecule has 3 rings (SSSR count). The van der Waals surface area contributed by atoms with E-state index in [4.69, 9.17) is 4.74 Å². The zero-order chi connectivity index (χ0) is 18.4. The molecule has 2 aliphatic rings. The first kappa shape index (κ1) is 19.4. The van der Waals surface area contributed by atoms with E-state index in [-0.39, 0.29) is 6.29 Å². The molecular weight excluding hydrogens is 328 g/mol. The first-order chi connectivity index (χ1) is 12.7. The molecule has 3 unspecified atom stereocenters. The second-order valence-electron chi connectivity index (χ2n) is 7.29. The molecule has 3 atom stereocenters. The van der Waals surface area contributed by atoms with Crippen molar-refractivity contribution in [3.05, 3.63) is 23.8 Å². The number of nitrogens with zero attached hydrogens (tertiary/aromatic N) is 1. The van der Waals surface area contributed by atoms with E-state index in [1.54, 1.807) is 7.11 Å². The van der Waals surface area contributed by atoms with Crippen molar-refractivity contribution >= 4 is 5.69 Å². The van der Waals surface area contributed by atoms with Crippen LogP contribution in [0.15, 0.2) is 18.2 Å². The number of hydrogen-bond donors (Lipinski definition) is 5. The number of benzene rings is 1. The number of nitrogens with one attached hydrogen (secondary N) is 5. The number of ether oxygens (including phenoxy) is 1. The van der Waals surface area contributed by atoms with Crippen molar-refractivity contribution in [2.75, 3.05) is 45.7 Å². The van der Waals surface area contributed by atoms with Gasteiger partial charge in [0.05, 0.1) is 13.3 Å². The van der Waals surface area contributed by atoms with E-state index < -0.39 is 0 Å². The number of anilines is 1. The average Bonchev–Trinajstić information content (AvgIpc) is 2.59. The highest BCUT2D eigenvalue weighted by Crippen LogP contribution is 2.23. The summed E-state index contributed by atoms with van der Waals surface area (Å²) in [5.74, 6) is 0.929. The average molecular weight is 363 g/mol. The minimum atomic E-state index is 0.0387. The molecule has 2 saturated heterocycles. The maximum Gasteiger partial charge on any atom is 0.133 e. The van der Waals surface area contributed by atoms with Crippen LogP contribution in [0.3, 0.4) is 0 Å². The molecule has 1 aromatic rings. The predicted octanol–water partition coefficient (Wildman–Crippen LogP) is 0.703. The highest BCUT2D eigenvalue weighted by Gasteiger charge is 2.23. The van der Waals surface area contributed by atoms with Crippen LogP contribution in [0.5, 0.6) is 5.75 Å². The zero-order valence-electron chi connectivity index (χ0n) is 16.3. The van der Waals surface area contributed by atoms with E-state index in [0.717, 1.165) is 37.5 Å². The first-order valence-corrected chi connectivity index (χ1v) is 9.74. The molecule has 7 heteroatoms. The second-order valence-corrected chi connectivity index (χ2v) is 7.29. The van der Waals surface area contributed by atoms with Crippen molar-refractivity contribution in [2.45, 2.75) is 44.8 Å². The Hall–Kier alpha value is -1.38. The lowest BCUT2D eigenvalue weighted by Gasteiger charge is -2.36. The molecule has 1 aromatic carbocycles. The predicted molar refractivity (Wildman–Crippen MR) is 106 cm³/mol. The van der Waals surface area contributed by atoms with Crippen LogP contribution in [0.4, 0.5) is 5.69 Å². The van der Waals surface area contributed by atoms with Crippen LogP contribution in [-0.4, -0.2) is 63.7 Å². The molecule has 26 heavy (non-hydrogen) atoms. The molecule has 0 saturated carbocycles. The highest BCUT2D eigenvalue weighted by molar-refractivity contribution is 5.51. The smallest absolute Gasteiger partial charge is 0.133 e. The largest absolute Gasteiger partial charge is 0.496 e. The molecule has 7 nitrogen and oxygen atoms in total. The van der Waals surface area contributed by atoms with E-state index in [1.807, 2.05) is 13.1 Å². The summed E-state index contributed by atoms with van der Waals surface area (Å²) in [4.78, 5) is 2.47. The third-order valence-corrected chi connectivity index (χ3v) is 5.22. The fourth-order valence-corrected chi connectivity index (χ4v) is 3.55. The number of rotatable bonds is 9. The van der Waals surface area contributed by atoms with Gasteiger partial charge in [0.25, 0.3) is 0 Å². The van der Waals surface area contributed by atoms with Gasteiger partial charge in [-0.3, -0.25) is 10.6 Å². The van der Waals surface area contributed by atoms with Gasteiger partial charge in [-0.05, 0) is 58.1 Å². The number of likely N-dealkylation sites (tertiary alicyclic amines) is 1. The van der Waals surface area contributed by atoms with Gasteiger partial charge in [0.1, 0.15) is 12.0 Å². The Morgan fingerprint density at radius 2 is 2.12 bits per heavy atom. The van der Waals surface area contributed by atoms with Crippen LogP contribution in [0.1, 0.15) is 25.3 Å². The first-order valence-electron chi connectivity index (χ1n) is 9.74. The summed E-state index contributed by atoms with van der Waals surface area (Å²) >= 11 is 0. The van der Waals surface area contributed by atoms with Crippen LogP contribution >= 0.6 is 0 Å². The Morgan fingerprint density at radius 3 is 2.81 bits per heavy atom. The Labute approximate surface area is 157 Å². The summed E-state index contributed by atoms with van der Waals surface area (Å²) in [5, 5.41) is 17.4. The SMILES string of the molecule is CNC1CC(C)NC(Nc2ccc(OC)c(CNCCN3CCC3)c2)N1. The third kappa shape index (κ3) is 5.31. The monoisotopic (exact) mass is 362 g/mol. The van der Waals surface area contributed by atoms with Gasteiger partial charge in [-0.1, -0.05) is 0 Å². The summed E-state index contributed by atoms with van der Waals surface area (Å²) in [6, 6.07) is 6.73. The quantitative estimate of drug-likeness (QED) is 0.414. The van der Waals surface area contributed by atoms with Crippen LogP contribution in [-0.2, 0) is 6.54 Å². The maximum atomic E-state index is 5.53. The van der Waals surface area contributed by atoms with Crippen molar-refractivity contribution in [1.82, 2.24) is 26.2 Å². The standard InChI is InChI=1S/C19H34N6O/c1-14-11-18(20-2)24-19(22-14)23-16-5-6-17(26-3)15(12-16)13-21-7-10-25-8-4-9-25/h5-6,12,14,18-24H,4,7-11,13H2,1-3H3. The van der Waals surface area contributed by atoms with Gasteiger partial charge in [0.15, 0.2) is 0 Å². The summed E-state index contributed by atoms with van der Waals surface area (Å²) in [5.41, 5.74) is 2.26. The van der Waals surface area contributed by atoms with Gasteiger partial charge in [0.2, 0.25) is 0 Å². The van der Waals surface area contributed by atoms with E-state index in [9.17, 15) is 0 Å². The third-order valence-electron chi connectivity index (χ3n) is 5.22. The van der Waals surface area contributed by atoms with Gasteiger partial charge < -0.3 is 25.6 Å². The Bertz CT molecular complexity index is 565. The summed E-state index contributed by atoms with van der Waals surface area (Å²) in [6.07, 6.45) is 2.75. The Kier molecular flexibility index (Phi) is 7.10. The van der Waals surface area contributed by atoms with Crippen molar-refractivity contribution in [1.29, 1.82) is 0 Å². The normalized spacial score (nSPS) is 26.3. The van der Waals surface area contributed by atoms with Gasteiger partial charge in [-0.25, -0.2) is 0 Å². The van der Waals surface area contributed by atoms with E-state index in [2.05, 4.69) is 50.5 Å².